The van der Waals surface area contributed by atoms with Gasteiger partial charge >= 0.3 is 0 Å². The number of carbonyl (C=O) groups excluding carboxylic acids is 2. The number of ketones is 1. The first-order valence-corrected chi connectivity index (χ1v) is 11.8. The van der Waals surface area contributed by atoms with Gasteiger partial charge in [-0.2, -0.15) is 0 Å². The lowest BCUT2D eigenvalue weighted by molar-refractivity contribution is -0.132. The van der Waals surface area contributed by atoms with Crippen LogP contribution in [0.25, 0.3) is 5.76 Å². The van der Waals surface area contributed by atoms with Crippen LogP contribution < -0.4 is 19.1 Å². The number of hydrogen-bond acceptors (Lipinski definition) is 6. The van der Waals surface area contributed by atoms with E-state index in [2.05, 4.69) is 6.92 Å². The molecule has 3 aromatic rings. The molecule has 1 atom stereocenters. The van der Waals surface area contributed by atoms with Gasteiger partial charge in [0.1, 0.15) is 11.5 Å². The molecule has 4 rings (SSSR count). The molecule has 1 heterocycles. The van der Waals surface area contributed by atoms with Crippen molar-refractivity contribution in [2.45, 2.75) is 26.3 Å². The molecular formula is C29H29NO6. The first kappa shape index (κ1) is 24.9. The molecule has 1 unspecified atom stereocenters. The van der Waals surface area contributed by atoms with Gasteiger partial charge in [-0.05, 0) is 48.7 Å². The van der Waals surface area contributed by atoms with E-state index < -0.39 is 17.7 Å². The molecule has 1 N–H and O–H groups in total. The zero-order valence-corrected chi connectivity index (χ0v) is 20.8. The molecular weight excluding hydrogens is 458 g/mol. The summed E-state index contributed by atoms with van der Waals surface area (Å²) >= 11 is 0. The Kier molecular flexibility index (Phi) is 7.29. The number of aliphatic hydroxyl groups is 1. The molecule has 0 saturated carbocycles. The number of hydrogen-bond donors (Lipinski definition) is 1. The van der Waals surface area contributed by atoms with Crippen molar-refractivity contribution >= 4 is 23.1 Å². The summed E-state index contributed by atoms with van der Waals surface area (Å²) in [4.78, 5) is 28.2. The number of methoxy groups -OCH3 is 2. The molecule has 7 heteroatoms. The third-order valence-electron chi connectivity index (χ3n) is 6.21. The maximum absolute atomic E-state index is 13.4. The van der Waals surface area contributed by atoms with Crippen LogP contribution in [0.15, 0.2) is 72.3 Å². The molecule has 0 aliphatic carbocycles. The number of amides is 1. The van der Waals surface area contributed by atoms with Gasteiger partial charge in [-0.15, -0.1) is 0 Å². The minimum absolute atomic E-state index is 0.00711. The van der Waals surface area contributed by atoms with Gasteiger partial charge in [0.25, 0.3) is 11.7 Å². The third kappa shape index (κ3) is 4.52. The number of aliphatic hydroxyl groups excluding tert-OH is 1. The second-order valence-electron chi connectivity index (χ2n) is 8.26. The molecule has 186 valence electrons. The Bertz CT molecular complexity index is 1310. The highest BCUT2D eigenvalue weighted by Gasteiger charge is 2.47. The Morgan fingerprint density at radius 1 is 0.917 bits per heavy atom. The summed E-state index contributed by atoms with van der Waals surface area (Å²) in [7, 11) is 3.03. The molecule has 0 bridgehead atoms. The lowest BCUT2D eigenvalue weighted by Gasteiger charge is -2.26. The number of ether oxygens (including phenoxy) is 3. The quantitative estimate of drug-likeness (QED) is 0.264. The molecule has 1 fully saturated rings. The van der Waals surface area contributed by atoms with E-state index >= 15 is 0 Å². The molecule has 7 nitrogen and oxygen atoms in total. The highest BCUT2D eigenvalue weighted by atomic mass is 16.5. The second-order valence-corrected chi connectivity index (χ2v) is 8.26. The highest BCUT2D eigenvalue weighted by molar-refractivity contribution is 6.51. The Labute approximate surface area is 210 Å². The van der Waals surface area contributed by atoms with E-state index in [4.69, 9.17) is 14.2 Å². The molecule has 1 aliphatic rings. The Morgan fingerprint density at radius 2 is 1.64 bits per heavy atom. The fourth-order valence-corrected chi connectivity index (χ4v) is 4.38. The minimum atomic E-state index is -0.843. The number of rotatable bonds is 8. The number of benzene rings is 3. The Morgan fingerprint density at radius 3 is 2.28 bits per heavy atom. The summed E-state index contributed by atoms with van der Waals surface area (Å²) in [5.41, 5.74) is 2.66. The van der Waals surface area contributed by atoms with E-state index in [-0.39, 0.29) is 11.3 Å². The van der Waals surface area contributed by atoms with Crippen molar-refractivity contribution in [3.8, 4) is 17.2 Å². The Hall–Kier alpha value is -4.26. The number of carbonyl (C=O) groups is 2. The molecule has 1 aliphatic heterocycles. The second kappa shape index (κ2) is 10.6. The Balaban J connectivity index is 1.92. The minimum Gasteiger partial charge on any atom is -0.507 e. The molecule has 0 spiro atoms. The van der Waals surface area contributed by atoms with Crippen molar-refractivity contribution in [3.05, 3.63) is 89.0 Å². The van der Waals surface area contributed by atoms with Crippen molar-refractivity contribution < 1.29 is 28.9 Å². The SMILES string of the molecule is CCOc1cccc(/C(O)=C2\C(=O)C(=O)N(c3ccc(OC)c(OC)c3)C2c2ccc(CC)cc2)c1. The normalized spacial score (nSPS) is 16.8. The summed E-state index contributed by atoms with van der Waals surface area (Å²) < 4.78 is 16.3. The zero-order chi connectivity index (χ0) is 25.8. The predicted octanol–water partition coefficient (Wildman–Crippen LogP) is 5.29. The van der Waals surface area contributed by atoms with Crippen LogP contribution in [0.4, 0.5) is 5.69 Å². The van der Waals surface area contributed by atoms with E-state index in [0.717, 1.165) is 12.0 Å². The van der Waals surface area contributed by atoms with Gasteiger partial charge in [-0.3, -0.25) is 14.5 Å². The summed E-state index contributed by atoms with van der Waals surface area (Å²) in [5.74, 6) is -0.305. The summed E-state index contributed by atoms with van der Waals surface area (Å²) in [6.45, 7) is 4.37. The molecule has 36 heavy (non-hydrogen) atoms. The number of anilines is 1. The molecule has 1 saturated heterocycles. The average Bonchev–Trinajstić information content (AvgIpc) is 3.18. The van der Waals surface area contributed by atoms with Gasteiger partial charge in [0.05, 0.1) is 32.4 Å². The fourth-order valence-electron chi connectivity index (χ4n) is 4.38. The highest BCUT2D eigenvalue weighted by Crippen LogP contribution is 2.44. The van der Waals surface area contributed by atoms with E-state index in [1.807, 2.05) is 31.2 Å². The zero-order valence-electron chi connectivity index (χ0n) is 20.8. The lowest BCUT2D eigenvalue weighted by atomic mass is 9.94. The van der Waals surface area contributed by atoms with Gasteiger partial charge in [0.15, 0.2) is 11.5 Å². The first-order valence-electron chi connectivity index (χ1n) is 11.8. The van der Waals surface area contributed by atoms with Crippen LogP contribution in [-0.4, -0.2) is 37.6 Å². The van der Waals surface area contributed by atoms with Crippen LogP contribution in [0.2, 0.25) is 0 Å². The molecule has 0 radical (unpaired) electrons. The van der Waals surface area contributed by atoms with Crippen LogP contribution in [0.3, 0.4) is 0 Å². The van der Waals surface area contributed by atoms with E-state index in [0.29, 0.717) is 40.7 Å². The van der Waals surface area contributed by atoms with E-state index in [1.54, 1.807) is 42.5 Å². The van der Waals surface area contributed by atoms with Gasteiger partial charge in [0, 0.05) is 17.3 Å². The lowest BCUT2D eigenvalue weighted by Crippen LogP contribution is -2.29. The monoisotopic (exact) mass is 487 g/mol. The maximum atomic E-state index is 13.4. The fraction of sp³-hybridized carbons (Fsp3) is 0.241. The van der Waals surface area contributed by atoms with Crippen molar-refractivity contribution in [2.24, 2.45) is 0 Å². The van der Waals surface area contributed by atoms with Crippen LogP contribution >= 0.6 is 0 Å². The van der Waals surface area contributed by atoms with Crippen LogP contribution in [0.5, 0.6) is 17.2 Å². The summed E-state index contributed by atoms with van der Waals surface area (Å²) in [6.07, 6.45) is 0.848. The summed E-state index contributed by atoms with van der Waals surface area (Å²) in [6, 6.07) is 18.7. The van der Waals surface area contributed by atoms with Gasteiger partial charge in [-0.1, -0.05) is 43.3 Å². The summed E-state index contributed by atoms with van der Waals surface area (Å²) in [5, 5.41) is 11.4. The van der Waals surface area contributed by atoms with Crippen LogP contribution in [0.1, 0.15) is 36.6 Å². The molecule has 0 aromatic heterocycles. The largest absolute Gasteiger partial charge is 0.507 e. The van der Waals surface area contributed by atoms with E-state index in [1.165, 1.54) is 19.1 Å². The third-order valence-corrected chi connectivity index (χ3v) is 6.21. The number of nitrogens with zero attached hydrogens (tertiary/aromatic N) is 1. The number of Topliss-reactive ketones (excluding diaryl/α,β-unsaturated/α-hetero) is 1. The molecule has 3 aromatic carbocycles. The van der Waals surface area contributed by atoms with Crippen molar-refractivity contribution in [3.63, 3.8) is 0 Å². The molecule has 1 amide bonds. The standard InChI is InChI=1S/C29H29NO6/c1-5-18-10-12-19(13-11-18)26-25(27(31)20-8-7-9-22(16-20)36-6-2)28(32)29(33)30(26)21-14-15-23(34-3)24(17-21)35-4/h7-17,26,31H,5-6H2,1-4H3/b27-25+. The maximum Gasteiger partial charge on any atom is 0.300 e. The van der Waals surface area contributed by atoms with Crippen molar-refractivity contribution in [1.29, 1.82) is 0 Å². The topological polar surface area (TPSA) is 85.3 Å². The van der Waals surface area contributed by atoms with Crippen LogP contribution in [0, 0.1) is 0 Å². The first-order chi connectivity index (χ1) is 17.4. The van der Waals surface area contributed by atoms with Gasteiger partial charge in [0.2, 0.25) is 0 Å². The van der Waals surface area contributed by atoms with Crippen molar-refractivity contribution in [2.75, 3.05) is 25.7 Å². The van der Waals surface area contributed by atoms with Crippen LogP contribution in [-0.2, 0) is 16.0 Å². The smallest absolute Gasteiger partial charge is 0.300 e. The van der Waals surface area contributed by atoms with Crippen molar-refractivity contribution in [1.82, 2.24) is 0 Å². The number of aryl methyl sites for hydroxylation is 1. The van der Waals surface area contributed by atoms with Gasteiger partial charge < -0.3 is 19.3 Å². The van der Waals surface area contributed by atoms with E-state index in [9.17, 15) is 14.7 Å². The van der Waals surface area contributed by atoms with Gasteiger partial charge in [-0.25, -0.2) is 0 Å². The average molecular weight is 488 g/mol. The predicted molar refractivity (Wildman–Crippen MR) is 138 cm³/mol.